The molecule has 2 unspecified atom stereocenters. The number of carbonyl (C=O) groups excluding carboxylic acids is 1. The molecule has 0 radical (unpaired) electrons. The molecule has 1 amide bonds. The monoisotopic (exact) mass is 543 g/mol. The zero-order valence-corrected chi connectivity index (χ0v) is 20.9. The molecule has 3 N–H and O–H groups in total. The fourth-order valence-electron chi connectivity index (χ4n) is 3.44. The largest absolute Gasteiger partial charge is 0.755 e. The molecule has 0 spiro atoms. The predicted molar refractivity (Wildman–Crippen MR) is 132 cm³/mol. The molecule has 192 valence electrons. The zero-order chi connectivity index (χ0) is 26.7. The van der Waals surface area contributed by atoms with Crippen LogP contribution in [0.4, 0.5) is 17.2 Å². The summed E-state index contributed by atoms with van der Waals surface area (Å²) in [5.74, 6) is -1.11. The maximum absolute atomic E-state index is 13.5. The fourth-order valence-corrected chi connectivity index (χ4v) is 5.10. The molecule has 2 heterocycles. The Morgan fingerprint density at radius 3 is 2.62 bits per heavy atom. The number of aryl methyl sites for hydroxylation is 1. The Morgan fingerprint density at radius 1 is 1.24 bits per heavy atom. The zero-order valence-electron chi connectivity index (χ0n) is 19.3. The van der Waals surface area contributed by atoms with Crippen LogP contribution in [0.2, 0.25) is 0 Å². The summed E-state index contributed by atoms with van der Waals surface area (Å²) >= 11 is -2.59. The summed E-state index contributed by atoms with van der Waals surface area (Å²) < 4.78 is 56.9. The van der Waals surface area contributed by atoms with E-state index in [1.54, 1.807) is 13.0 Å². The van der Waals surface area contributed by atoms with Crippen LogP contribution in [0.1, 0.15) is 11.1 Å². The van der Waals surface area contributed by atoms with Gasteiger partial charge in [-0.15, -0.1) is 4.47 Å². The maximum Gasteiger partial charge on any atom is 0.291 e. The van der Waals surface area contributed by atoms with Gasteiger partial charge in [0.25, 0.3) is 15.9 Å². The van der Waals surface area contributed by atoms with Crippen molar-refractivity contribution >= 4 is 50.2 Å². The van der Waals surface area contributed by atoms with E-state index in [9.17, 15) is 22.0 Å². The molecule has 3 aromatic rings. The van der Waals surface area contributed by atoms with Crippen LogP contribution in [0.15, 0.2) is 64.6 Å². The number of rotatable bonds is 8. The number of ether oxygens (including phenoxy) is 1. The molecule has 1 aliphatic heterocycles. The Balaban J connectivity index is 1.77. The van der Waals surface area contributed by atoms with Crippen molar-refractivity contribution in [3.63, 3.8) is 0 Å². The molecule has 37 heavy (non-hydrogen) atoms. The van der Waals surface area contributed by atoms with Gasteiger partial charge in [-0.3, -0.25) is 13.8 Å². The third kappa shape index (κ3) is 5.32. The normalized spacial score (nSPS) is 15.5. The molecule has 1 aromatic heterocycles. The van der Waals surface area contributed by atoms with Crippen molar-refractivity contribution in [2.24, 2.45) is 4.99 Å². The lowest BCUT2D eigenvalue weighted by Gasteiger charge is -2.30. The van der Waals surface area contributed by atoms with Gasteiger partial charge in [0.1, 0.15) is 10.6 Å². The number of fused-ring (bicyclic) bond motifs is 1. The highest BCUT2D eigenvalue weighted by Crippen LogP contribution is 2.33. The number of nitriles is 1. The second-order valence-corrected chi connectivity index (χ2v) is 9.96. The highest BCUT2D eigenvalue weighted by Gasteiger charge is 2.43. The first-order valence-corrected chi connectivity index (χ1v) is 12.9. The first kappa shape index (κ1) is 25.9. The van der Waals surface area contributed by atoms with Crippen LogP contribution in [0.3, 0.4) is 0 Å². The van der Waals surface area contributed by atoms with Crippen LogP contribution in [-0.2, 0) is 30.9 Å². The van der Waals surface area contributed by atoms with E-state index in [2.05, 4.69) is 20.0 Å². The molecule has 0 fully saturated rings. The summed E-state index contributed by atoms with van der Waals surface area (Å²) in [6.07, 6.45) is -0.287. The van der Waals surface area contributed by atoms with Crippen molar-refractivity contribution in [2.75, 3.05) is 17.1 Å². The van der Waals surface area contributed by atoms with Crippen molar-refractivity contribution in [2.45, 2.75) is 17.9 Å². The van der Waals surface area contributed by atoms with Gasteiger partial charge >= 0.3 is 0 Å². The first-order chi connectivity index (χ1) is 17.6. The molecule has 15 heteroatoms. The number of nitrogens with zero attached hydrogens (tertiary/aromatic N) is 3. The number of anilines is 2. The molecular weight excluding hydrogens is 524 g/mol. The topological polar surface area (TPSA) is 189 Å². The number of amidine groups is 1. The van der Waals surface area contributed by atoms with E-state index in [0.717, 1.165) is 7.11 Å². The van der Waals surface area contributed by atoms with Gasteiger partial charge in [0.2, 0.25) is 6.10 Å². The molecule has 0 bridgehead atoms. The third-order valence-corrected chi connectivity index (χ3v) is 7.23. The number of carbonyl (C=O) groups is 1. The van der Waals surface area contributed by atoms with Crippen LogP contribution in [0, 0.1) is 18.3 Å². The molecule has 1 aliphatic rings. The molecular formula is C22H19N6O7S2-. The number of hydrogen-bond acceptors (Lipinski definition) is 9. The highest BCUT2D eigenvalue weighted by atomic mass is 32.2. The SMILES string of the molecule is CON1C(C(Oc2ccc(C#N)cc2)C(=O)Nc2cc(NS(=O)[O-])ccc2C)=Nc2[nH]ccc2S1(=O)=O. The average Bonchev–Trinajstić information content (AvgIpc) is 3.34. The summed E-state index contributed by atoms with van der Waals surface area (Å²) in [7, 11) is -3.15. The van der Waals surface area contributed by atoms with Crippen LogP contribution in [-0.4, -0.2) is 51.6 Å². The lowest BCUT2D eigenvalue weighted by molar-refractivity contribution is -0.121. The molecule has 4 rings (SSSR count). The number of nitrogens with one attached hydrogen (secondary N) is 3. The van der Waals surface area contributed by atoms with Crippen LogP contribution in [0.5, 0.6) is 5.75 Å². The molecule has 2 atom stereocenters. The van der Waals surface area contributed by atoms with Crippen molar-refractivity contribution < 1.29 is 31.5 Å². The summed E-state index contributed by atoms with van der Waals surface area (Å²) in [5.41, 5.74) is 1.35. The van der Waals surface area contributed by atoms with E-state index in [4.69, 9.17) is 14.8 Å². The number of hydrogen-bond donors (Lipinski definition) is 3. The molecule has 0 saturated heterocycles. The fraction of sp³-hybridized carbons (Fsp3) is 0.136. The molecule has 0 saturated carbocycles. The minimum Gasteiger partial charge on any atom is -0.755 e. The molecule has 2 aromatic carbocycles. The Bertz CT molecular complexity index is 1540. The first-order valence-electron chi connectivity index (χ1n) is 10.4. The lowest BCUT2D eigenvalue weighted by atomic mass is 10.1. The second kappa shape index (κ2) is 10.4. The van der Waals surface area contributed by atoms with Gasteiger partial charge in [0.15, 0.2) is 11.7 Å². The Hall–Kier alpha value is -4.23. The lowest BCUT2D eigenvalue weighted by Crippen LogP contribution is -2.51. The Morgan fingerprint density at radius 2 is 1.97 bits per heavy atom. The minimum absolute atomic E-state index is 0.0233. The third-order valence-electron chi connectivity index (χ3n) is 5.17. The summed E-state index contributed by atoms with van der Waals surface area (Å²) in [6, 6.07) is 13.5. The quantitative estimate of drug-likeness (QED) is 0.360. The van der Waals surface area contributed by atoms with Crippen LogP contribution in [0.25, 0.3) is 0 Å². The van der Waals surface area contributed by atoms with Gasteiger partial charge in [-0.2, -0.15) is 13.7 Å². The van der Waals surface area contributed by atoms with E-state index >= 15 is 0 Å². The second-order valence-electron chi connectivity index (χ2n) is 7.57. The standard InChI is InChI=1S/C22H20N6O7S2/c1-13-3-6-15(27-36(30)31)11-17(13)25-22(29)19(35-16-7-4-14(12-23)5-8-16)21-26-20-18(9-10-24-20)37(32,33)28(21)34-2/h3-11,19,24,27H,1-2H3,(H,25,29)(H,30,31)/p-1. The van der Waals surface area contributed by atoms with Gasteiger partial charge < -0.3 is 24.3 Å². The van der Waals surface area contributed by atoms with Crippen molar-refractivity contribution in [1.29, 1.82) is 5.26 Å². The van der Waals surface area contributed by atoms with Gasteiger partial charge in [-0.1, -0.05) is 6.07 Å². The number of benzene rings is 2. The van der Waals surface area contributed by atoms with Crippen LogP contribution >= 0.6 is 0 Å². The number of aromatic nitrogens is 1. The van der Waals surface area contributed by atoms with Crippen molar-refractivity contribution in [1.82, 2.24) is 9.45 Å². The van der Waals surface area contributed by atoms with E-state index in [1.165, 1.54) is 48.7 Å². The van der Waals surface area contributed by atoms with E-state index < -0.39 is 39.1 Å². The van der Waals surface area contributed by atoms with Gasteiger partial charge in [-0.05, 0) is 55.0 Å². The predicted octanol–water partition coefficient (Wildman–Crippen LogP) is 2.08. The number of aliphatic imine (C=N–C) groups is 1. The Labute approximate surface area is 214 Å². The van der Waals surface area contributed by atoms with E-state index in [0.29, 0.717) is 15.6 Å². The maximum atomic E-state index is 13.5. The molecule has 0 aliphatic carbocycles. The number of aromatic amines is 1. The smallest absolute Gasteiger partial charge is 0.291 e. The Kier molecular flexibility index (Phi) is 7.27. The summed E-state index contributed by atoms with van der Waals surface area (Å²) in [4.78, 5) is 25.5. The summed E-state index contributed by atoms with van der Waals surface area (Å²) in [6.45, 7) is 1.68. The van der Waals surface area contributed by atoms with E-state index in [1.807, 2.05) is 6.07 Å². The van der Waals surface area contributed by atoms with Gasteiger partial charge in [-0.25, -0.2) is 4.99 Å². The highest BCUT2D eigenvalue weighted by molar-refractivity contribution is 7.89. The van der Waals surface area contributed by atoms with Gasteiger partial charge in [0, 0.05) is 28.8 Å². The number of hydroxylamine groups is 1. The van der Waals surface area contributed by atoms with Crippen LogP contribution < -0.4 is 14.8 Å². The molecule has 13 nitrogen and oxygen atoms in total. The van der Waals surface area contributed by atoms with E-state index in [-0.39, 0.29) is 27.8 Å². The van der Waals surface area contributed by atoms with Crippen molar-refractivity contribution in [3.8, 4) is 11.8 Å². The van der Waals surface area contributed by atoms with Crippen molar-refractivity contribution in [3.05, 3.63) is 65.9 Å². The minimum atomic E-state index is -4.25. The number of sulfonamides is 1. The summed E-state index contributed by atoms with van der Waals surface area (Å²) in [5, 5.41) is 11.7. The number of H-pyrrole nitrogens is 1. The average molecular weight is 544 g/mol. The number of amides is 1. The van der Waals surface area contributed by atoms with Gasteiger partial charge in [0.05, 0.1) is 18.7 Å².